The first kappa shape index (κ1) is 16.8. The lowest BCUT2D eigenvalue weighted by atomic mass is 10.1. The molecule has 0 aromatic carbocycles. The fourth-order valence-electron chi connectivity index (χ4n) is 1.13. The average molecular weight is 299 g/mol. The Morgan fingerprint density at radius 3 is 2.72 bits per heavy atom. The standard InChI is InChI=1S/C9H11FN2O4S.ClH/c1-2-16-9(13)7(10)8(11)5-3-4-6(17-5)12(14)15;/h3-4,7-8H,2,11H2,1H3;1H/t7?,8-;/m0./s1. The summed E-state index contributed by atoms with van der Waals surface area (Å²) in [7, 11) is 0. The maximum absolute atomic E-state index is 13.5. The molecular weight excluding hydrogens is 287 g/mol. The van der Waals surface area contributed by atoms with E-state index in [0.29, 0.717) is 0 Å². The van der Waals surface area contributed by atoms with E-state index in [1.165, 1.54) is 12.1 Å². The van der Waals surface area contributed by atoms with E-state index in [4.69, 9.17) is 5.73 Å². The van der Waals surface area contributed by atoms with Crippen molar-refractivity contribution in [3.8, 4) is 0 Å². The van der Waals surface area contributed by atoms with Crippen molar-refractivity contribution in [3.63, 3.8) is 0 Å². The average Bonchev–Trinajstić information content (AvgIpc) is 2.76. The molecule has 2 N–H and O–H groups in total. The van der Waals surface area contributed by atoms with Crippen molar-refractivity contribution < 1.29 is 18.8 Å². The Bertz CT molecular complexity index is 428. The molecule has 0 spiro atoms. The molecule has 1 heterocycles. The zero-order valence-corrected chi connectivity index (χ0v) is 11.0. The molecule has 1 aromatic heterocycles. The van der Waals surface area contributed by atoms with E-state index in [0.717, 1.165) is 11.3 Å². The van der Waals surface area contributed by atoms with Crippen molar-refractivity contribution in [2.75, 3.05) is 6.61 Å². The van der Waals surface area contributed by atoms with Gasteiger partial charge in [0.05, 0.1) is 17.6 Å². The maximum atomic E-state index is 13.5. The van der Waals surface area contributed by atoms with Gasteiger partial charge in [0.25, 0.3) is 0 Å². The zero-order valence-electron chi connectivity index (χ0n) is 9.37. The number of carbonyl (C=O) groups excluding carboxylic acids is 1. The van der Waals surface area contributed by atoms with Crippen LogP contribution in [0.3, 0.4) is 0 Å². The zero-order chi connectivity index (χ0) is 13.0. The van der Waals surface area contributed by atoms with E-state index in [9.17, 15) is 19.3 Å². The van der Waals surface area contributed by atoms with Crippen molar-refractivity contribution >= 4 is 34.7 Å². The molecule has 1 unspecified atom stereocenters. The molecule has 18 heavy (non-hydrogen) atoms. The molecule has 6 nitrogen and oxygen atoms in total. The van der Waals surface area contributed by atoms with Gasteiger partial charge in [-0.15, -0.1) is 12.4 Å². The summed E-state index contributed by atoms with van der Waals surface area (Å²) in [6, 6.07) is 1.31. The summed E-state index contributed by atoms with van der Waals surface area (Å²) in [6.45, 7) is 1.60. The molecule has 1 rings (SSSR count). The van der Waals surface area contributed by atoms with Crippen molar-refractivity contribution in [1.29, 1.82) is 0 Å². The Hall–Kier alpha value is -1.25. The molecule has 0 saturated heterocycles. The Balaban J connectivity index is 0.00000289. The number of nitrogens with two attached hydrogens (primary N) is 1. The summed E-state index contributed by atoms with van der Waals surface area (Å²) in [5.74, 6) is -1.06. The third-order valence-electron chi connectivity index (χ3n) is 1.95. The Labute approximate surface area is 112 Å². The Kier molecular flexibility index (Phi) is 6.74. The molecule has 0 saturated carbocycles. The number of hydrogen-bond donors (Lipinski definition) is 1. The number of rotatable bonds is 5. The van der Waals surface area contributed by atoms with Crippen LogP contribution in [-0.4, -0.2) is 23.7 Å². The summed E-state index contributed by atoms with van der Waals surface area (Å²) in [4.78, 5) is 21.2. The summed E-state index contributed by atoms with van der Waals surface area (Å²) in [5.41, 5.74) is 5.50. The SMILES string of the molecule is CCOC(=O)C(F)[C@@H](N)c1ccc([N+](=O)[O-])s1.Cl. The van der Waals surface area contributed by atoms with Gasteiger partial charge in [-0.1, -0.05) is 11.3 Å². The smallest absolute Gasteiger partial charge is 0.342 e. The lowest BCUT2D eigenvalue weighted by Crippen LogP contribution is -2.30. The van der Waals surface area contributed by atoms with Gasteiger partial charge in [0.15, 0.2) is 0 Å². The number of hydrogen-bond acceptors (Lipinski definition) is 6. The number of nitro groups is 1. The Morgan fingerprint density at radius 2 is 2.28 bits per heavy atom. The highest BCUT2D eigenvalue weighted by Gasteiger charge is 2.29. The molecule has 0 aliphatic carbocycles. The maximum Gasteiger partial charge on any atom is 0.342 e. The van der Waals surface area contributed by atoms with Gasteiger partial charge in [0.2, 0.25) is 6.17 Å². The van der Waals surface area contributed by atoms with E-state index < -0.39 is 23.1 Å². The molecule has 9 heteroatoms. The first-order valence-electron chi connectivity index (χ1n) is 4.77. The summed E-state index contributed by atoms with van der Waals surface area (Å²) >= 11 is 0.741. The highest BCUT2D eigenvalue weighted by Crippen LogP contribution is 2.30. The van der Waals surface area contributed by atoms with Crippen molar-refractivity contribution in [3.05, 3.63) is 27.1 Å². The van der Waals surface area contributed by atoms with E-state index in [1.54, 1.807) is 6.92 Å². The van der Waals surface area contributed by atoms with Crippen LogP contribution in [-0.2, 0) is 9.53 Å². The molecule has 0 bridgehead atoms. The van der Waals surface area contributed by atoms with Crippen LogP contribution in [0.15, 0.2) is 12.1 Å². The van der Waals surface area contributed by atoms with Crippen LogP contribution in [0.5, 0.6) is 0 Å². The van der Waals surface area contributed by atoms with Crippen LogP contribution in [0.2, 0.25) is 0 Å². The molecule has 2 atom stereocenters. The highest BCUT2D eigenvalue weighted by molar-refractivity contribution is 7.15. The van der Waals surface area contributed by atoms with Crippen LogP contribution in [0.25, 0.3) is 0 Å². The molecule has 0 aliphatic heterocycles. The minimum absolute atomic E-state index is 0. The Morgan fingerprint density at radius 1 is 1.67 bits per heavy atom. The van der Waals surface area contributed by atoms with Crippen LogP contribution in [0.4, 0.5) is 9.39 Å². The third kappa shape index (κ3) is 3.90. The number of nitrogens with zero attached hydrogens (tertiary/aromatic N) is 1. The number of ether oxygens (including phenoxy) is 1. The number of esters is 1. The minimum Gasteiger partial charge on any atom is -0.464 e. The van der Waals surface area contributed by atoms with Crippen LogP contribution in [0, 0.1) is 10.1 Å². The van der Waals surface area contributed by atoms with Crippen LogP contribution >= 0.6 is 23.7 Å². The van der Waals surface area contributed by atoms with Gasteiger partial charge >= 0.3 is 11.0 Å². The normalized spacial score (nSPS) is 13.3. The van der Waals surface area contributed by atoms with Crippen molar-refractivity contribution in [2.24, 2.45) is 5.73 Å². The molecule has 102 valence electrons. The fraction of sp³-hybridized carbons (Fsp3) is 0.444. The number of alkyl halides is 1. The van der Waals surface area contributed by atoms with E-state index in [1.807, 2.05) is 0 Å². The molecule has 0 aliphatic rings. The summed E-state index contributed by atoms with van der Waals surface area (Å²) in [5, 5.41) is 10.3. The van der Waals surface area contributed by atoms with Gasteiger partial charge in [-0.25, -0.2) is 9.18 Å². The second kappa shape index (κ2) is 7.24. The quantitative estimate of drug-likeness (QED) is 0.509. The molecule has 1 aromatic rings. The molecule has 0 amide bonds. The number of carbonyl (C=O) groups is 1. The number of halogens is 2. The van der Waals surface area contributed by atoms with Gasteiger partial charge in [0, 0.05) is 10.9 Å². The predicted octanol–water partition coefficient (Wildman–Crippen LogP) is 1.98. The van der Waals surface area contributed by atoms with Crippen LogP contribution < -0.4 is 5.73 Å². The van der Waals surface area contributed by atoms with Gasteiger partial charge in [-0.3, -0.25) is 10.1 Å². The first-order valence-corrected chi connectivity index (χ1v) is 5.59. The molecule has 0 radical (unpaired) electrons. The highest BCUT2D eigenvalue weighted by atomic mass is 35.5. The van der Waals surface area contributed by atoms with E-state index >= 15 is 0 Å². The van der Waals surface area contributed by atoms with Gasteiger partial charge in [-0.2, -0.15) is 0 Å². The minimum atomic E-state index is -2.02. The van der Waals surface area contributed by atoms with Crippen molar-refractivity contribution in [2.45, 2.75) is 19.1 Å². The monoisotopic (exact) mass is 298 g/mol. The second-order valence-electron chi connectivity index (χ2n) is 3.11. The molecule has 0 fully saturated rings. The lowest BCUT2D eigenvalue weighted by molar-refractivity contribution is -0.380. The largest absolute Gasteiger partial charge is 0.464 e. The number of thiophene rings is 1. The third-order valence-corrected chi connectivity index (χ3v) is 3.09. The topological polar surface area (TPSA) is 95.5 Å². The van der Waals surface area contributed by atoms with Gasteiger partial charge in [-0.05, 0) is 13.0 Å². The molecular formula is C9H12ClFN2O4S. The van der Waals surface area contributed by atoms with Gasteiger partial charge in [0.1, 0.15) is 0 Å². The second-order valence-corrected chi connectivity index (χ2v) is 4.21. The van der Waals surface area contributed by atoms with E-state index in [2.05, 4.69) is 4.74 Å². The summed E-state index contributed by atoms with van der Waals surface area (Å²) in [6.07, 6.45) is -2.02. The fourth-order valence-corrected chi connectivity index (χ4v) is 1.98. The first-order chi connectivity index (χ1) is 7.97. The predicted molar refractivity (Wildman–Crippen MR) is 66.7 cm³/mol. The van der Waals surface area contributed by atoms with Crippen molar-refractivity contribution in [1.82, 2.24) is 0 Å². The lowest BCUT2D eigenvalue weighted by Gasteiger charge is -2.13. The summed E-state index contributed by atoms with van der Waals surface area (Å²) < 4.78 is 18.0. The van der Waals surface area contributed by atoms with Crippen LogP contribution in [0.1, 0.15) is 17.8 Å². The van der Waals surface area contributed by atoms with E-state index in [-0.39, 0.29) is 28.9 Å². The van der Waals surface area contributed by atoms with Gasteiger partial charge < -0.3 is 10.5 Å².